The van der Waals surface area contributed by atoms with E-state index in [1.165, 1.54) is 85.8 Å². The molecule has 1 aliphatic heterocycles. The zero-order valence-corrected chi connectivity index (χ0v) is 41.4. The number of aliphatic imine (C=N–C) groups is 1. The average molecular weight is 904 g/mol. The molecule has 0 amide bonds. The Balaban J connectivity index is 0.893. The van der Waals surface area contributed by atoms with E-state index in [0.717, 1.165) is 50.2 Å². The van der Waals surface area contributed by atoms with Gasteiger partial charge in [-0.25, -0.2) is 0 Å². The molecule has 0 radical (unpaired) electrons. The van der Waals surface area contributed by atoms with E-state index in [2.05, 4.69) is 158 Å². The molecule has 11 rings (SSSR count). The highest BCUT2D eigenvalue weighted by Crippen LogP contribution is 2.58. The molecule has 0 aromatic heterocycles. The van der Waals surface area contributed by atoms with E-state index in [-0.39, 0.29) is 18.2 Å². The van der Waals surface area contributed by atoms with Gasteiger partial charge in [-0.3, -0.25) is 4.99 Å². The van der Waals surface area contributed by atoms with Gasteiger partial charge in [-0.1, -0.05) is 142 Å². The van der Waals surface area contributed by atoms with E-state index in [1.54, 1.807) is 28.6 Å². The van der Waals surface area contributed by atoms with Crippen LogP contribution in [-0.2, 0) is 4.74 Å². The van der Waals surface area contributed by atoms with Gasteiger partial charge in [0.1, 0.15) is 11.9 Å². The molecule has 0 spiro atoms. The van der Waals surface area contributed by atoms with Gasteiger partial charge >= 0.3 is 0 Å². The molecule has 68 heavy (non-hydrogen) atoms. The second kappa shape index (κ2) is 19.7. The summed E-state index contributed by atoms with van der Waals surface area (Å²) in [4.78, 5) is 9.71. The third-order valence-corrected chi connectivity index (χ3v) is 18.1. The lowest BCUT2D eigenvalue weighted by atomic mass is 9.66. The second-order valence-electron chi connectivity index (χ2n) is 22.4. The lowest BCUT2D eigenvalue weighted by Crippen LogP contribution is -2.48. The Morgan fingerprint density at radius 3 is 2.51 bits per heavy atom. The highest BCUT2D eigenvalue weighted by atomic mass is 16.5. The molecule has 0 bridgehead atoms. The molecule has 4 heteroatoms. The Morgan fingerprint density at radius 2 is 1.69 bits per heavy atom. The highest BCUT2D eigenvalue weighted by Gasteiger charge is 2.48. The van der Waals surface area contributed by atoms with Gasteiger partial charge in [0, 0.05) is 47.1 Å². The fourth-order valence-corrected chi connectivity index (χ4v) is 15.0. The van der Waals surface area contributed by atoms with Crippen molar-refractivity contribution in [1.82, 2.24) is 4.90 Å². The van der Waals surface area contributed by atoms with E-state index in [1.807, 2.05) is 6.08 Å². The Labute approximate surface area is 409 Å². The summed E-state index contributed by atoms with van der Waals surface area (Å²) in [6.07, 6.45) is 57.4. The lowest BCUT2D eigenvalue weighted by molar-refractivity contribution is 0.103. The zero-order valence-electron chi connectivity index (χ0n) is 41.4. The van der Waals surface area contributed by atoms with Crippen molar-refractivity contribution < 1.29 is 4.74 Å². The standard InChI is InChI=1S/C64H77N3O/c1-42(16-15-37-65-5)38-46-18-13-21-50(40-46)66(58-25-12-9-17-44(58)3)49-31-29-47(30-32-49)52-22-10-11-23-54(52)63-55-24-14-26-59(64(55)62-45(4)28-35-56(62)63)67(48-19-7-6-8-20-48)51-33-36-60-57(41-51)53-34-27-43(2)39-61(53)68-60/h6-8,10-11,14-16,19-20,22-24,27,29,31,34,36-37,40-41,43-44,46-47,49,51-54,58-59,61,63H,4-5,9,12-13,17-18,21,25-26,28,30,32-33,35,38-39H2,1-3H3/b37-15-,42-16+. The van der Waals surface area contributed by atoms with Crippen molar-refractivity contribution in [3.63, 3.8) is 0 Å². The Bertz CT molecular complexity index is 2490. The van der Waals surface area contributed by atoms with Gasteiger partial charge in [0.15, 0.2) is 0 Å². The van der Waals surface area contributed by atoms with Crippen molar-refractivity contribution in [2.75, 3.05) is 4.90 Å². The molecule has 0 N–H and O–H groups in total. The minimum atomic E-state index is 0.240. The topological polar surface area (TPSA) is 28.1 Å². The normalized spacial score (nSPS) is 36.2. The minimum Gasteiger partial charge on any atom is -0.489 e. The number of hydrogen-bond donors (Lipinski definition) is 0. The van der Waals surface area contributed by atoms with Crippen LogP contribution >= 0.6 is 0 Å². The molecule has 10 aliphatic rings. The summed E-state index contributed by atoms with van der Waals surface area (Å²) in [5.74, 6) is 5.17. The summed E-state index contributed by atoms with van der Waals surface area (Å²) in [6.45, 7) is 15.6. The maximum Gasteiger partial charge on any atom is 0.119 e. The molecular weight excluding hydrogens is 827 g/mol. The van der Waals surface area contributed by atoms with Crippen molar-refractivity contribution in [2.24, 2.45) is 52.3 Å². The molecule has 9 aliphatic carbocycles. The van der Waals surface area contributed by atoms with Crippen molar-refractivity contribution in [3.05, 3.63) is 185 Å². The van der Waals surface area contributed by atoms with E-state index in [9.17, 15) is 0 Å². The van der Waals surface area contributed by atoms with Gasteiger partial charge in [-0.15, -0.1) is 0 Å². The van der Waals surface area contributed by atoms with E-state index in [0.29, 0.717) is 53.5 Å². The number of hydrogen-bond acceptors (Lipinski definition) is 4. The third-order valence-electron chi connectivity index (χ3n) is 18.1. The van der Waals surface area contributed by atoms with Crippen LogP contribution in [0.3, 0.4) is 0 Å². The first-order valence-corrected chi connectivity index (χ1v) is 27.1. The van der Waals surface area contributed by atoms with Crippen molar-refractivity contribution >= 4 is 12.4 Å². The third kappa shape index (κ3) is 8.66. The maximum absolute atomic E-state index is 6.66. The first-order chi connectivity index (χ1) is 33.3. The Hall–Kier alpha value is -5.09. The number of para-hydroxylation sites is 1. The van der Waals surface area contributed by atoms with Gasteiger partial charge in [0.2, 0.25) is 0 Å². The average Bonchev–Trinajstić information content (AvgIpc) is 4.03. The molecule has 1 saturated heterocycles. The molecule has 4 nitrogen and oxygen atoms in total. The highest BCUT2D eigenvalue weighted by molar-refractivity contribution is 5.70. The molecule has 13 atom stereocenters. The maximum atomic E-state index is 6.66. The Morgan fingerprint density at radius 1 is 0.838 bits per heavy atom. The largest absolute Gasteiger partial charge is 0.489 e. The molecule has 1 saturated carbocycles. The van der Waals surface area contributed by atoms with E-state index >= 15 is 0 Å². The number of benzene rings is 1. The summed E-state index contributed by atoms with van der Waals surface area (Å²) >= 11 is 0. The summed E-state index contributed by atoms with van der Waals surface area (Å²) in [6, 6.07) is 12.9. The van der Waals surface area contributed by atoms with Crippen LogP contribution in [0.25, 0.3) is 0 Å². The van der Waals surface area contributed by atoms with Crippen LogP contribution < -0.4 is 4.90 Å². The lowest BCUT2D eigenvalue weighted by Gasteiger charge is -2.48. The van der Waals surface area contributed by atoms with Crippen molar-refractivity contribution in [3.8, 4) is 0 Å². The molecular formula is C64H77N3O. The zero-order chi connectivity index (χ0) is 46.3. The minimum absolute atomic E-state index is 0.240. The smallest absolute Gasteiger partial charge is 0.119 e. The van der Waals surface area contributed by atoms with Crippen molar-refractivity contribution in [1.29, 1.82) is 0 Å². The number of anilines is 1. The van der Waals surface area contributed by atoms with Crippen LogP contribution in [0.1, 0.15) is 117 Å². The fraction of sp³-hybridized carbons (Fsp3) is 0.484. The van der Waals surface area contributed by atoms with Crippen molar-refractivity contribution in [2.45, 2.75) is 147 Å². The number of fused-ring (bicyclic) bond motifs is 4. The van der Waals surface area contributed by atoms with Gasteiger partial charge in [-0.05, 0) is 179 Å². The van der Waals surface area contributed by atoms with Crippen LogP contribution in [0.5, 0.6) is 0 Å². The summed E-state index contributed by atoms with van der Waals surface area (Å²) in [7, 11) is 0. The summed E-state index contributed by atoms with van der Waals surface area (Å²) < 4.78 is 6.66. The molecule has 2 fully saturated rings. The fourth-order valence-electron chi connectivity index (χ4n) is 15.0. The first-order valence-electron chi connectivity index (χ1n) is 27.1. The monoisotopic (exact) mass is 904 g/mol. The molecule has 1 aromatic carbocycles. The van der Waals surface area contributed by atoms with Gasteiger partial charge < -0.3 is 14.5 Å². The van der Waals surface area contributed by atoms with E-state index in [4.69, 9.17) is 11.3 Å². The van der Waals surface area contributed by atoms with Gasteiger partial charge in [-0.2, -0.15) is 0 Å². The summed E-state index contributed by atoms with van der Waals surface area (Å²) in [5, 5.41) is 0. The number of nitrogens with zero attached hydrogens (tertiary/aromatic N) is 3. The molecule has 13 unspecified atom stereocenters. The van der Waals surface area contributed by atoms with Crippen LogP contribution in [0, 0.1) is 47.3 Å². The quantitative estimate of drug-likeness (QED) is 0.119. The van der Waals surface area contributed by atoms with Crippen LogP contribution in [0.15, 0.2) is 190 Å². The van der Waals surface area contributed by atoms with Crippen LogP contribution in [0.2, 0.25) is 0 Å². The SMILES string of the molecule is C=N/C=C\C=C(/C)CC1C=C(N(C2C=CC(C3C=CC=CC3C3C4=C(C5=C3CCC5=C)C(N(c3ccccc3)C3C=C5C(=CC3)OC3CC(C)C=CC53)CC=C4)CC2)C2CCCCC2C)CCC1. The second-order valence-corrected chi connectivity index (χ2v) is 22.4. The van der Waals surface area contributed by atoms with Crippen LogP contribution in [0.4, 0.5) is 5.69 Å². The predicted octanol–water partition coefficient (Wildman–Crippen LogP) is 15.4. The molecule has 1 aromatic rings. The van der Waals surface area contributed by atoms with Gasteiger partial charge in [0.05, 0.1) is 12.1 Å². The number of rotatable bonds is 12. The number of allylic oxidation sites excluding steroid dienone is 16. The molecule has 354 valence electrons. The van der Waals surface area contributed by atoms with E-state index < -0.39 is 0 Å². The predicted molar refractivity (Wildman–Crippen MR) is 285 cm³/mol. The Kier molecular flexibility index (Phi) is 13.2. The number of ether oxygens (including phenoxy) is 1. The van der Waals surface area contributed by atoms with Crippen LogP contribution in [-0.4, -0.2) is 41.9 Å². The first kappa shape index (κ1) is 45.4. The van der Waals surface area contributed by atoms with Gasteiger partial charge in [0.25, 0.3) is 0 Å². The molecule has 1 heterocycles. The summed E-state index contributed by atoms with van der Waals surface area (Å²) in [5.41, 5.74) is 13.5.